The van der Waals surface area contributed by atoms with Gasteiger partial charge in [0.1, 0.15) is 5.82 Å². The van der Waals surface area contributed by atoms with Crippen LogP contribution in [0.5, 0.6) is 0 Å². The number of rotatable bonds is 9. The number of aromatic nitrogens is 5. The first-order chi connectivity index (χ1) is 22.4. The summed E-state index contributed by atoms with van der Waals surface area (Å²) in [5.74, 6) is 0.969. The van der Waals surface area contributed by atoms with Crippen molar-refractivity contribution in [1.82, 2.24) is 30.5 Å². The molecule has 1 saturated carbocycles. The van der Waals surface area contributed by atoms with Gasteiger partial charge in [-0.25, -0.2) is 15.0 Å². The van der Waals surface area contributed by atoms with E-state index in [9.17, 15) is 9.59 Å². The van der Waals surface area contributed by atoms with E-state index in [1.807, 2.05) is 24.4 Å². The first kappa shape index (κ1) is 34.1. The van der Waals surface area contributed by atoms with Crippen LogP contribution in [-0.4, -0.2) is 88.1 Å². The quantitative estimate of drug-likeness (QED) is 0.243. The normalized spacial score (nSPS) is 19.1. The lowest BCUT2D eigenvalue weighted by molar-refractivity contribution is -0.130. The highest BCUT2D eigenvalue weighted by atomic mass is 35.5. The van der Waals surface area contributed by atoms with Crippen LogP contribution < -0.4 is 21.3 Å². The molecule has 1 aliphatic carbocycles. The molecule has 2 fully saturated rings. The van der Waals surface area contributed by atoms with Crippen molar-refractivity contribution in [2.75, 3.05) is 49.6 Å². The van der Waals surface area contributed by atoms with Crippen LogP contribution in [0.2, 0.25) is 0 Å². The molecule has 13 heteroatoms. The lowest BCUT2D eigenvalue weighted by Crippen LogP contribution is -2.50. The van der Waals surface area contributed by atoms with Gasteiger partial charge in [-0.3, -0.25) is 9.59 Å². The van der Waals surface area contributed by atoms with Gasteiger partial charge in [-0.2, -0.15) is 0 Å². The number of tetrazole rings is 1. The topological polar surface area (TPSA) is 163 Å². The molecule has 2 aliphatic rings. The summed E-state index contributed by atoms with van der Waals surface area (Å²) in [4.78, 5) is 38.6. The number of hydrogen-bond acceptors (Lipinski definition) is 10. The van der Waals surface area contributed by atoms with Crippen molar-refractivity contribution in [2.24, 2.45) is 23.3 Å². The van der Waals surface area contributed by atoms with E-state index in [1.54, 1.807) is 24.3 Å². The number of amides is 2. The van der Waals surface area contributed by atoms with Crippen LogP contribution in [0.15, 0.2) is 66.9 Å². The molecule has 6 rings (SSSR count). The number of halogens is 1. The minimum Gasteiger partial charge on any atom is -0.354 e. The van der Waals surface area contributed by atoms with Crippen molar-refractivity contribution in [3.05, 3.63) is 72.4 Å². The molecular formula is C34H43ClN10O2. The van der Waals surface area contributed by atoms with Crippen LogP contribution >= 0.6 is 12.4 Å². The number of anilines is 2. The minimum absolute atomic E-state index is 0. The van der Waals surface area contributed by atoms with E-state index in [4.69, 9.17) is 11.5 Å². The molecule has 0 spiro atoms. The van der Waals surface area contributed by atoms with Crippen molar-refractivity contribution in [2.45, 2.75) is 38.1 Å². The monoisotopic (exact) mass is 658 g/mol. The highest BCUT2D eigenvalue weighted by Crippen LogP contribution is 2.32. The first-order valence-corrected chi connectivity index (χ1v) is 16.1. The molecule has 2 amide bonds. The second kappa shape index (κ2) is 15.6. The Kier molecular flexibility index (Phi) is 11.3. The number of pyridine rings is 1. The summed E-state index contributed by atoms with van der Waals surface area (Å²) >= 11 is 0. The minimum atomic E-state index is -0.920. The summed E-state index contributed by atoms with van der Waals surface area (Å²) in [5.41, 5.74) is 16.7. The summed E-state index contributed by atoms with van der Waals surface area (Å²) < 4.78 is 0. The Morgan fingerprint density at radius 1 is 0.957 bits per heavy atom. The maximum Gasteiger partial charge on any atom is 0.251 e. The van der Waals surface area contributed by atoms with E-state index in [0.717, 1.165) is 67.1 Å². The van der Waals surface area contributed by atoms with Gasteiger partial charge in [-0.15, -0.1) is 17.5 Å². The number of nitrogens with zero attached hydrogens (tertiary/aromatic N) is 7. The standard InChI is InChI=1S/C34H42N10O2.ClH/c1-42-15-17-43(18-16-42)31-21-28(13-14-37-31)27-4-2-3-24(19-27)20-30(36)34(46)44(33(45)26-7-5-23(22-35)6-8-26)29-11-9-25(10-12-29)32-38-40-41-39-32;/h2-4,9-14,19,21,23,26,30H,5-8,15-18,20,22,35-36H2,1H3,(H,38,39,40,41);1H/t23-,26-,30-;/m0./s1. The van der Waals surface area contributed by atoms with E-state index in [-0.39, 0.29) is 30.7 Å². The molecule has 2 aromatic heterocycles. The number of likely N-dealkylation sites (N-methyl/N-ethyl adjacent to an activating group) is 1. The molecule has 1 saturated heterocycles. The fourth-order valence-electron chi connectivity index (χ4n) is 6.43. The van der Waals surface area contributed by atoms with Crippen LogP contribution in [0, 0.1) is 11.8 Å². The third-order valence-electron chi connectivity index (χ3n) is 9.32. The number of aromatic amines is 1. The third kappa shape index (κ3) is 8.02. The van der Waals surface area contributed by atoms with Crippen LogP contribution in [0.25, 0.3) is 22.5 Å². The summed E-state index contributed by atoms with van der Waals surface area (Å²) in [6.07, 6.45) is 5.28. The SMILES string of the molecule is CN1CCN(c2cc(-c3cccc(C[C@H](N)C(=O)N(c4ccc(-c5nnn[nH]5)cc4)C(=O)[C@H]4CC[C@H](CN)CC4)c3)ccn2)CC1.Cl. The largest absolute Gasteiger partial charge is 0.354 e. The number of benzene rings is 2. The van der Waals surface area contributed by atoms with Gasteiger partial charge in [0, 0.05) is 43.9 Å². The second-order valence-electron chi connectivity index (χ2n) is 12.5. The summed E-state index contributed by atoms with van der Waals surface area (Å²) in [7, 11) is 2.14. The zero-order valence-electron chi connectivity index (χ0n) is 26.7. The molecule has 1 aliphatic heterocycles. The van der Waals surface area contributed by atoms with E-state index in [0.29, 0.717) is 36.8 Å². The highest BCUT2D eigenvalue weighted by Gasteiger charge is 2.35. The van der Waals surface area contributed by atoms with Gasteiger partial charge in [0.15, 0.2) is 5.82 Å². The smallest absolute Gasteiger partial charge is 0.251 e. The summed E-state index contributed by atoms with van der Waals surface area (Å²) in [6.45, 7) is 4.50. The van der Waals surface area contributed by atoms with Crippen LogP contribution in [0.3, 0.4) is 0 Å². The lowest BCUT2D eigenvalue weighted by Gasteiger charge is -2.33. The second-order valence-corrected chi connectivity index (χ2v) is 12.5. The van der Waals surface area contributed by atoms with Gasteiger partial charge in [0.2, 0.25) is 5.91 Å². The molecule has 0 unspecified atom stereocenters. The molecule has 5 N–H and O–H groups in total. The predicted octanol–water partition coefficient (Wildman–Crippen LogP) is 3.30. The Bertz CT molecular complexity index is 1620. The molecule has 0 radical (unpaired) electrons. The van der Waals surface area contributed by atoms with E-state index in [2.05, 4.69) is 60.7 Å². The number of hydrogen-bond donors (Lipinski definition) is 3. The average molecular weight is 659 g/mol. The van der Waals surface area contributed by atoms with Gasteiger partial charge in [0.25, 0.3) is 5.91 Å². The Hall–Kier alpha value is -4.23. The number of imide groups is 1. The molecule has 47 heavy (non-hydrogen) atoms. The fraction of sp³-hybridized carbons (Fsp3) is 0.412. The van der Waals surface area contributed by atoms with Gasteiger partial charge < -0.3 is 21.3 Å². The number of nitrogens with two attached hydrogens (primary N) is 2. The Balaban J connectivity index is 0.00000433. The van der Waals surface area contributed by atoms with E-state index in [1.165, 1.54) is 4.90 Å². The Morgan fingerprint density at radius 2 is 1.68 bits per heavy atom. The van der Waals surface area contributed by atoms with E-state index < -0.39 is 11.9 Å². The van der Waals surface area contributed by atoms with Gasteiger partial charge in [0.05, 0.1) is 11.7 Å². The maximum absolute atomic E-state index is 14.1. The van der Waals surface area contributed by atoms with Crippen molar-refractivity contribution >= 4 is 35.7 Å². The molecule has 248 valence electrons. The summed E-state index contributed by atoms with van der Waals surface area (Å²) in [6, 6.07) is 18.3. The van der Waals surface area contributed by atoms with Crippen LogP contribution in [0.4, 0.5) is 11.5 Å². The molecule has 4 aromatic rings. The number of nitrogens with one attached hydrogen (secondary N) is 1. The Labute approximate surface area is 281 Å². The lowest BCUT2D eigenvalue weighted by atomic mass is 9.81. The third-order valence-corrected chi connectivity index (χ3v) is 9.32. The van der Waals surface area contributed by atoms with Gasteiger partial charge >= 0.3 is 0 Å². The van der Waals surface area contributed by atoms with Crippen LogP contribution in [-0.2, 0) is 16.0 Å². The predicted molar refractivity (Wildman–Crippen MR) is 185 cm³/mol. The van der Waals surface area contributed by atoms with Crippen molar-refractivity contribution in [3.63, 3.8) is 0 Å². The van der Waals surface area contributed by atoms with Crippen molar-refractivity contribution in [3.8, 4) is 22.5 Å². The molecule has 3 heterocycles. The molecule has 12 nitrogen and oxygen atoms in total. The molecular weight excluding hydrogens is 616 g/mol. The molecule has 2 aromatic carbocycles. The molecule has 0 bridgehead atoms. The fourth-order valence-corrected chi connectivity index (χ4v) is 6.43. The Morgan fingerprint density at radius 3 is 2.36 bits per heavy atom. The number of carbonyl (C=O) groups excluding carboxylic acids is 2. The van der Waals surface area contributed by atoms with Gasteiger partial charge in [-0.1, -0.05) is 24.3 Å². The zero-order chi connectivity index (χ0) is 32.0. The number of H-pyrrole nitrogens is 1. The van der Waals surface area contributed by atoms with Crippen molar-refractivity contribution < 1.29 is 9.59 Å². The number of carbonyl (C=O) groups is 2. The zero-order valence-corrected chi connectivity index (χ0v) is 27.5. The van der Waals surface area contributed by atoms with Crippen LogP contribution in [0.1, 0.15) is 31.2 Å². The first-order valence-electron chi connectivity index (χ1n) is 16.1. The highest BCUT2D eigenvalue weighted by molar-refractivity contribution is 6.17. The average Bonchev–Trinajstić information content (AvgIpc) is 3.64. The number of piperazine rings is 1. The molecule has 1 atom stereocenters. The van der Waals surface area contributed by atoms with Crippen molar-refractivity contribution in [1.29, 1.82) is 0 Å². The van der Waals surface area contributed by atoms with E-state index >= 15 is 0 Å². The summed E-state index contributed by atoms with van der Waals surface area (Å²) in [5, 5.41) is 14.0. The maximum atomic E-state index is 14.1. The van der Waals surface area contributed by atoms with Gasteiger partial charge in [-0.05, 0) is 115 Å².